The Morgan fingerprint density at radius 3 is 2.48 bits per heavy atom. The molecule has 7 nitrogen and oxygen atoms in total. The van der Waals surface area contributed by atoms with Gasteiger partial charge < -0.3 is 20.6 Å². The molecule has 2 rings (SSSR count). The van der Waals surface area contributed by atoms with E-state index in [1.165, 1.54) is 7.05 Å². The molecule has 0 unspecified atom stereocenters. The first kappa shape index (κ1) is 22.3. The van der Waals surface area contributed by atoms with Crippen molar-refractivity contribution in [3.63, 3.8) is 0 Å². The fourth-order valence-corrected chi connectivity index (χ4v) is 1.89. The molecular formula is C18H29N5O2. The fourth-order valence-electron chi connectivity index (χ4n) is 1.89. The van der Waals surface area contributed by atoms with Crippen molar-refractivity contribution in [3.05, 3.63) is 47.2 Å². The highest BCUT2D eigenvalue weighted by atomic mass is 16.5. The van der Waals surface area contributed by atoms with Gasteiger partial charge in [0.2, 0.25) is 11.8 Å². The number of nitrogens with one attached hydrogen (secondary N) is 1. The Morgan fingerprint density at radius 2 is 1.96 bits per heavy atom. The van der Waals surface area contributed by atoms with Crippen LogP contribution in [0.4, 0.5) is 0 Å². The van der Waals surface area contributed by atoms with Gasteiger partial charge in [-0.25, -0.2) is 0 Å². The van der Waals surface area contributed by atoms with E-state index in [1.54, 1.807) is 26.2 Å². The van der Waals surface area contributed by atoms with Gasteiger partial charge in [0, 0.05) is 24.5 Å². The van der Waals surface area contributed by atoms with Crippen LogP contribution in [0.2, 0.25) is 0 Å². The van der Waals surface area contributed by atoms with Crippen LogP contribution >= 0.6 is 0 Å². The van der Waals surface area contributed by atoms with E-state index in [4.69, 9.17) is 20.3 Å². The molecule has 0 bridgehead atoms. The van der Waals surface area contributed by atoms with E-state index in [9.17, 15) is 0 Å². The van der Waals surface area contributed by atoms with Gasteiger partial charge in [-0.2, -0.15) is 0 Å². The van der Waals surface area contributed by atoms with Crippen molar-refractivity contribution in [2.24, 2.45) is 11.5 Å². The summed E-state index contributed by atoms with van der Waals surface area (Å²) in [6.07, 6.45) is 5.40. The molecule has 0 spiro atoms. The molecule has 0 amide bonds. The van der Waals surface area contributed by atoms with Gasteiger partial charge in [-0.1, -0.05) is 26.0 Å². The number of nitrogens with zero attached hydrogens (tertiary/aromatic N) is 2. The number of methoxy groups -OCH3 is 1. The number of hydrogen-bond donors (Lipinski definition) is 3. The maximum Gasteiger partial charge on any atom is 0.216 e. The molecule has 25 heavy (non-hydrogen) atoms. The molecule has 0 saturated heterocycles. The Kier molecular flexibility index (Phi) is 11.4. The number of aromatic nitrogens is 2. The van der Waals surface area contributed by atoms with Crippen LogP contribution in [0, 0.1) is 12.3 Å². The summed E-state index contributed by atoms with van der Waals surface area (Å²) < 4.78 is 10.6. The number of rotatable bonds is 6. The molecule has 138 valence electrons. The molecule has 0 saturated carbocycles. The van der Waals surface area contributed by atoms with Gasteiger partial charge >= 0.3 is 0 Å². The zero-order valence-corrected chi connectivity index (χ0v) is 15.7. The smallest absolute Gasteiger partial charge is 0.216 e. The van der Waals surface area contributed by atoms with Crippen LogP contribution in [0.1, 0.15) is 43.2 Å². The largest absolute Gasteiger partial charge is 0.496 e. The van der Waals surface area contributed by atoms with Crippen molar-refractivity contribution in [1.82, 2.24) is 10.2 Å². The Balaban J connectivity index is 0.00000134. The summed E-state index contributed by atoms with van der Waals surface area (Å²) in [5.74, 6) is 1.98. The minimum absolute atomic E-state index is 0.0358. The lowest BCUT2D eigenvalue weighted by Gasteiger charge is -2.07. The molecule has 0 aliphatic rings. The third kappa shape index (κ3) is 7.63. The maximum atomic E-state index is 7.47. The highest BCUT2D eigenvalue weighted by molar-refractivity contribution is 5.95. The fraction of sp³-hybridized carbons (Fsp3) is 0.389. The summed E-state index contributed by atoms with van der Waals surface area (Å²) >= 11 is 0. The predicted molar refractivity (Wildman–Crippen MR) is 102 cm³/mol. The Bertz CT molecular complexity index is 665. The van der Waals surface area contributed by atoms with Gasteiger partial charge in [0.25, 0.3) is 0 Å². The monoisotopic (exact) mass is 347 g/mol. The average molecular weight is 347 g/mol. The molecule has 0 aliphatic heterocycles. The van der Waals surface area contributed by atoms with E-state index in [0.717, 1.165) is 17.7 Å². The number of allylic oxidation sites excluding steroid dienone is 1. The number of ether oxygens (including phenoxy) is 1. The summed E-state index contributed by atoms with van der Waals surface area (Å²) in [4.78, 5) is 0. The van der Waals surface area contributed by atoms with Crippen molar-refractivity contribution >= 4 is 11.9 Å². The van der Waals surface area contributed by atoms with Crippen LogP contribution in [0.15, 0.2) is 28.7 Å². The van der Waals surface area contributed by atoms with Crippen molar-refractivity contribution < 1.29 is 9.15 Å². The van der Waals surface area contributed by atoms with Gasteiger partial charge in [-0.05, 0) is 31.7 Å². The summed E-state index contributed by atoms with van der Waals surface area (Å²) in [7, 11) is 3.11. The second kappa shape index (κ2) is 12.7. The first-order valence-corrected chi connectivity index (χ1v) is 8.16. The Hall–Kier alpha value is -2.67. The van der Waals surface area contributed by atoms with E-state index in [2.05, 4.69) is 15.9 Å². The van der Waals surface area contributed by atoms with Crippen LogP contribution in [0.3, 0.4) is 0 Å². The number of amidine groups is 1. The number of nitrogen functional groups attached to an aromatic ring is 1. The third-order valence-corrected chi connectivity index (χ3v) is 2.93. The molecule has 1 aromatic carbocycles. The zero-order chi connectivity index (χ0) is 19.2. The minimum Gasteiger partial charge on any atom is -0.496 e. The molecule has 0 fully saturated rings. The van der Waals surface area contributed by atoms with Gasteiger partial charge in [-0.3, -0.25) is 5.41 Å². The van der Waals surface area contributed by atoms with Crippen molar-refractivity contribution in [2.45, 2.75) is 33.6 Å². The first-order valence-electron chi connectivity index (χ1n) is 8.16. The zero-order valence-electron chi connectivity index (χ0n) is 15.7. The van der Waals surface area contributed by atoms with Crippen LogP contribution in [0.25, 0.3) is 6.08 Å². The summed E-state index contributed by atoms with van der Waals surface area (Å²) in [6.45, 7) is 5.77. The Morgan fingerprint density at radius 1 is 1.28 bits per heavy atom. The van der Waals surface area contributed by atoms with Gasteiger partial charge in [0.05, 0.1) is 7.11 Å². The van der Waals surface area contributed by atoms with Crippen LogP contribution in [0.5, 0.6) is 5.75 Å². The standard InChI is InChI=1S/C15H18N4O2.C2H6.CH5N/c1-10-18-19-14(21-10)6-4-3-5-11-9-12(15(16)17)7-8-13(11)20-2;2*1-2/h3,5,7-9H,4,6H2,1-2H3,(H3,16,17);1-2H3;2H2,1H3/b5-3+;;. The van der Waals surface area contributed by atoms with Crippen molar-refractivity contribution in [2.75, 3.05) is 14.2 Å². The van der Waals surface area contributed by atoms with E-state index in [0.29, 0.717) is 23.8 Å². The molecule has 1 aromatic heterocycles. The second-order valence-corrected chi connectivity index (χ2v) is 4.53. The van der Waals surface area contributed by atoms with Crippen molar-refractivity contribution in [1.29, 1.82) is 5.41 Å². The third-order valence-electron chi connectivity index (χ3n) is 2.93. The topological polar surface area (TPSA) is 124 Å². The molecule has 0 radical (unpaired) electrons. The summed E-state index contributed by atoms with van der Waals surface area (Å²) in [6, 6.07) is 5.39. The van der Waals surface area contributed by atoms with E-state index in [1.807, 2.05) is 32.1 Å². The minimum atomic E-state index is 0.0358. The number of hydrogen-bond acceptors (Lipinski definition) is 6. The highest BCUT2D eigenvalue weighted by Crippen LogP contribution is 2.21. The van der Waals surface area contributed by atoms with Crippen LogP contribution in [-0.4, -0.2) is 30.2 Å². The molecule has 2 aromatic rings. The molecule has 0 aliphatic carbocycles. The second-order valence-electron chi connectivity index (χ2n) is 4.53. The number of nitrogens with two attached hydrogens (primary N) is 2. The lowest BCUT2D eigenvalue weighted by molar-refractivity contribution is 0.414. The van der Waals surface area contributed by atoms with Crippen LogP contribution < -0.4 is 16.2 Å². The lowest BCUT2D eigenvalue weighted by Crippen LogP contribution is -2.11. The molecule has 5 N–H and O–H groups in total. The van der Waals surface area contributed by atoms with Crippen LogP contribution in [-0.2, 0) is 6.42 Å². The molecule has 1 heterocycles. The summed E-state index contributed by atoms with van der Waals surface area (Å²) in [5.41, 5.74) is 11.5. The van der Waals surface area contributed by atoms with Gasteiger partial charge in [-0.15, -0.1) is 10.2 Å². The quantitative estimate of drug-likeness (QED) is 0.545. The molecule has 0 atom stereocenters. The van der Waals surface area contributed by atoms with Gasteiger partial charge in [0.15, 0.2) is 0 Å². The number of benzene rings is 1. The Labute approximate surface area is 149 Å². The van der Waals surface area contributed by atoms with E-state index < -0.39 is 0 Å². The average Bonchev–Trinajstić information content (AvgIpc) is 3.07. The van der Waals surface area contributed by atoms with Crippen molar-refractivity contribution in [3.8, 4) is 5.75 Å². The number of aryl methyl sites for hydroxylation is 2. The SMILES string of the molecule is CC.CN.COc1ccc(C(=N)N)cc1/C=C/CCc1nnc(C)o1. The van der Waals surface area contributed by atoms with E-state index in [-0.39, 0.29) is 5.84 Å². The molecular weight excluding hydrogens is 318 g/mol. The predicted octanol–water partition coefficient (Wildman–Crippen LogP) is 2.92. The highest BCUT2D eigenvalue weighted by Gasteiger charge is 2.04. The molecule has 7 heteroatoms. The lowest BCUT2D eigenvalue weighted by atomic mass is 10.1. The normalized spacial score (nSPS) is 9.68. The first-order chi connectivity index (χ1) is 12.1. The van der Waals surface area contributed by atoms with E-state index >= 15 is 0 Å². The maximum absolute atomic E-state index is 7.47. The van der Waals surface area contributed by atoms with Gasteiger partial charge in [0.1, 0.15) is 11.6 Å². The summed E-state index contributed by atoms with van der Waals surface area (Å²) in [5, 5.41) is 15.2.